The van der Waals surface area contributed by atoms with Crippen LogP contribution < -0.4 is 4.90 Å². The number of piperidine rings is 1. The summed E-state index contributed by atoms with van der Waals surface area (Å²) in [4.78, 5) is 2.43. The lowest BCUT2D eigenvalue weighted by Crippen LogP contribution is -2.38. The van der Waals surface area contributed by atoms with Crippen molar-refractivity contribution in [1.29, 1.82) is 5.26 Å². The molecule has 1 spiro atoms. The van der Waals surface area contributed by atoms with E-state index in [0.717, 1.165) is 37.2 Å². The number of rotatable bonds is 2. The summed E-state index contributed by atoms with van der Waals surface area (Å²) < 4.78 is 12.2. The molecule has 2 fully saturated rings. The number of nitrogens with zero attached hydrogens (tertiary/aromatic N) is 2. The van der Waals surface area contributed by atoms with Crippen LogP contribution in [0.3, 0.4) is 0 Å². The van der Waals surface area contributed by atoms with Crippen molar-refractivity contribution in [3.63, 3.8) is 0 Å². The molecule has 2 aliphatic heterocycles. The maximum atomic E-state index is 10.3. The minimum absolute atomic E-state index is 0.536. The van der Waals surface area contributed by atoms with Gasteiger partial charge in [0.2, 0.25) is 0 Å². The number of hydrogen-bond acceptors (Lipinski definition) is 4. The Hall–Kier alpha value is -2.87. The SMILES string of the molecule is N#Cc1c(N2CCCCC2)cc(-c2cccc3ccccc23)c2c1CCC1(C2)OCCO1. The van der Waals surface area contributed by atoms with E-state index in [9.17, 15) is 5.26 Å². The highest BCUT2D eigenvalue weighted by Crippen LogP contribution is 2.45. The van der Waals surface area contributed by atoms with Crippen LogP contribution >= 0.6 is 0 Å². The standard InChI is InChI=1S/C28H28N2O2/c29-19-26-23-11-12-28(31-15-16-32-28)18-25(23)24(17-27(26)30-13-4-1-5-14-30)22-10-6-8-20-7-2-3-9-21(20)22/h2-3,6-10,17H,1,4-5,11-16,18H2. The normalized spacial score (nSPS) is 19.8. The van der Waals surface area contributed by atoms with Crippen LogP contribution in [0.15, 0.2) is 48.5 Å². The largest absolute Gasteiger partial charge is 0.370 e. The van der Waals surface area contributed by atoms with Crippen molar-refractivity contribution in [1.82, 2.24) is 0 Å². The molecule has 0 aromatic heterocycles. The molecule has 0 amide bonds. The zero-order chi connectivity index (χ0) is 21.5. The predicted octanol–water partition coefficient (Wildman–Crippen LogP) is 5.60. The molecule has 0 atom stereocenters. The van der Waals surface area contributed by atoms with Gasteiger partial charge in [-0.05, 0) is 64.8 Å². The van der Waals surface area contributed by atoms with Crippen molar-refractivity contribution in [2.45, 2.75) is 44.3 Å². The lowest BCUT2D eigenvalue weighted by Gasteiger charge is -2.37. The second-order valence-electron chi connectivity index (χ2n) is 9.25. The van der Waals surface area contributed by atoms with Crippen LogP contribution in [0.4, 0.5) is 5.69 Å². The van der Waals surface area contributed by atoms with Gasteiger partial charge in [-0.3, -0.25) is 0 Å². The van der Waals surface area contributed by atoms with Gasteiger partial charge in [0.15, 0.2) is 5.79 Å². The fourth-order valence-corrected chi connectivity index (χ4v) is 5.87. The molecule has 6 rings (SSSR count). The van der Waals surface area contributed by atoms with Crippen molar-refractivity contribution in [2.75, 3.05) is 31.2 Å². The van der Waals surface area contributed by atoms with Gasteiger partial charge in [0.1, 0.15) is 6.07 Å². The highest BCUT2D eigenvalue weighted by Gasteiger charge is 2.42. The third-order valence-electron chi connectivity index (χ3n) is 7.43. The Labute approximate surface area is 189 Å². The van der Waals surface area contributed by atoms with Gasteiger partial charge in [0.25, 0.3) is 0 Å². The Balaban J connectivity index is 1.61. The van der Waals surface area contributed by atoms with Gasteiger partial charge in [-0.25, -0.2) is 0 Å². The molecule has 0 radical (unpaired) electrons. The molecule has 3 aliphatic rings. The molecule has 1 aliphatic carbocycles. The summed E-state index contributed by atoms with van der Waals surface area (Å²) in [6.45, 7) is 3.35. The van der Waals surface area contributed by atoms with Crippen LogP contribution in [0.1, 0.15) is 42.4 Å². The molecule has 162 valence electrons. The molecule has 4 heteroatoms. The van der Waals surface area contributed by atoms with E-state index in [2.05, 4.69) is 59.5 Å². The van der Waals surface area contributed by atoms with Gasteiger partial charge in [0, 0.05) is 25.9 Å². The van der Waals surface area contributed by atoms with Crippen LogP contribution in [0.2, 0.25) is 0 Å². The Morgan fingerprint density at radius 3 is 2.47 bits per heavy atom. The van der Waals surface area contributed by atoms with Gasteiger partial charge in [0.05, 0.1) is 24.5 Å². The second kappa shape index (κ2) is 7.92. The van der Waals surface area contributed by atoms with E-state index in [-0.39, 0.29) is 0 Å². The highest BCUT2D eigenvalue weighted by molar-refractivity contribution is 5.98. The molecule has 2 heterocycles. The van der Waals surface area contributed by atoms with Gasteiger partial charge >= 0.3 is 0 Å². The van der Waals surface area contributed by atoms with E-state index in [1.54, 1.807) is 0 Å². The van der Waals surface area contributed by atoms with E-state index in [4.69, 9.17) is 9.47 Å². The number of nitriles is 1. The fraction of sp³-hybridized carbons (Fsp3) is 0.393. The Bertz CT molecular complexity index is 1210. The Morgan fingerprint density at radius 1 is 0.875 bits per heavy atom. The molecule has 32 heavy (non-hydrogen) atoms. The van der Waals surface area contributed by atoms with Crippen LogP contribution in [-0.2, 0) is 22.3 Å². The topological polar surface area (TPSA) is 45.5 Å². The lowest BCUT2D eigenvalue weighted by atomic mass is 9.79. The number of ether oxygens (including phenoxy) is 2. The molecule has 3 aromatic carbocycles. The molecule has 3 aromatic rings. The van der Waals surface area contributed by atoms with Gasteiger partial charge < -0.3 is 14.4 Å². The second-order valence-corrected chi connectivity index (χ2v) is 9.25. The molecule has 0 unspecified atom stereocenters. The third-order valence-corrected chi connectivity index (χ3v) is 7.43. The molecule has 0 bridgehead atoms. The minimum atomic E-state index is -0.536. The fourth-order valence-electron chi connectivity index (χ4n) is 5.87. The zero-order valence-electron chi connectivity index (χ0n) is 18.4. The van der Waals surface area contributed by atoms with E-state index in [0.29, 0.717) is 19.6 Å². The van der Waals surface area contributed by atoms with Crippen molar-refractivity contribution in [3.8, 4) is 17.2 Å². The van der Waals surface area contributed by atoms with Crippen LogP contribution in [0.5, 0.6) is 0 Å². The molecule has 2 saturated heterocycles. The Kier molecular flexibility index (Phi) is 4.90. The summed E-state index contributed by atoms with van der Waals surface area (Å²) >= 11 is 0. The first-order valence-corrected chi connectivity index (χ1v) is 11.9. The molecule has 0 N–H and O–H groups in total. The first-order valence-electron chi connectivity index (χ1n) is 11.9. The summed E-state index contributed by atoms with van der Waals surface area (Å²) in [6.07, 6.45) is 5.99. The average Bonchev–Trinajstić information content (AvgIpc) is 3.30. The number of hydrogen-bond donors (Lipinski definition) is 0. The van der Waals surface area contributed by atoms with Crippen molar-refractivity contribution in [3.05, 3.63) is 65.2 Å². The average molecular weight is 425 g/mol. The number of anilines is 1. The molecule has 0 saturated carbocycles. The number of benzene rings is 3. The van der Waals surface area contributed by atoms with Crippen LogP contribution in [0.25, 0.3) is 21.9 Å². The van der Waals surface area contributed by atoms with Gasteiger partial charge in [-0.1, -0.05) is 42.5 Å². The Morgan fingerprint density at radius 2 is 1.66 bits per heavy atom. The highest BCUT2D eigenvalue weighted by atomic mass is 16.7. The molecular formula is C28H28N2O2. The quantitative estimate of drug-likeness (QED) is 0.537. The van der Waals surface area contributed by atoms with Gasteiger partial charge in [-0.15, -0.1) is 0 Å². The summed E-state index contributed by atoms with van der Waals surface area (Å²) in [5.74, 6) is -0.536. The van der Waals surface area contributed by atoms with Crippen molar-refractivity contribution < 1.29 is 9.47 Å². The van der Waals surface area contributed by atoms with E-state index < -0.39 is 5.79 Å². The number of fused-ring (bicyclic) bond motifs is 2. The van der Waals surface area contributed by atoms with Crippen molar-refractivity contribution in [2.24, 2.45) is 0 Å². The maximum Gasteiger partial charge on any atom is 0.172 e. The summed E-state index contributed by atoms with van der Waals surface area (Å²) in [5, 5.41) is 12.7. The first kappa shape index (κ1) is 19.8. The minimum Gasteiger partial charge on any atom is -0.370 e. The summed E-state index contributed by atoms with van der Waals surface area (Å²) in [5.41, 5.74) is 6.86. The lowest BCUT2D eigenvalue weighted by molar-refractivity contribution is -0.163. The molecule has 4 nitrogen and oxygen atoms in total. The first-order chi connectivity index (χ1) is 15.8. The maximum absolute atomic E-state index is 10.3. The van der Waals surface area contributed by atoms with E-state index >= 15 is 0 Å². The zero-order valence-corrected chi connectivity index (χ0v) is 18.4. The third kappa shape index (κ3) is 3.20. The van der Waals surface area contributed by atoms with Crippen molar-refractivity contribution >= 4 is 16.5 Å². The molecular weight excluding hydrogens is 396 g/mol. The van der Waals surface area contributed by atoms with E-state index in [1.807, 2.05) is 0 Å². The monoisotopic (exact) mass is 424 g/mol. The predicted molar refractivity (Wildman–Crippen MR) is 127 cm³/mol. The van der Waals surface area contributed by atoms with Crippen LogP contribution in [-0.4, -0.2) is 32.1 Å². The van der Waals surface area contributed by atoms with Gasteiger partial charge in [-0.2, -0.15) is 5.26 Å². The smallest absolute Gasteiger partial charge is 0.172 e. The van der Waals surface area contributed by atoms with E-state index in [1.165, 1.54) is 52.3 Å². The summed E-state index contributed by atoms with van der Waals surface area (Å²) in [7, 11) is 0. The van der Waals surface area contributed by atoms with Crippen LogP contribution in [0, 0.1) is 11.3 Å². The summed E-state index contributed by atoms with van der Waals surface area (Å²) in [6, 6.07) is 20.0.